The topological polar surface area (TPSA) is 32.3 Å². The Hall–Kier alpha value is -0.570. The average molecular weight is 210 g/mol. The lowest BCUT2D eigenvalue weighted by atomic mass is 9.94. The van der Waals surface area contributed by atoms with E-state index < -0.39 is 0 Å². The second-order valence-corrected chi connectivity index (χ2v) is 4.84. The Kier molecular flexibility index (Phi) is 4.01. The van der Waals surface area contributed by atoms with Crippen molar-refractivity contribution in [2.45, 2.75) is 38.5 Å². The van der Waals surface area contributed by atoms with Gasteiger partial charge in [0.1, 0.15) is 0 Å². The van der Waals surface area contributed by atoms with E-state index in [-0.39, 0.29) is 0 Å². The predicted octanol–water partition coefficient (Wildman–Crippen LogP) is 1.39. The van der Waals surface area contributed by atoms with E-state index in [1.165, 1.54) is 25.7 Å². The van der Waals surface area contributed by atoms with E-state index in [1.54, 1.807) is 0 Å². The number of amides is 1. The molecule has 1 atom stereocenters. The molecule has 86 valence electrons. The summed E-state index contributed by atoms with van der Waals surface area (Å²) in [5, 5.41) is 3.40. The summed E-state index contributed by atoms with van der Waals surface area (Å²) >= 11 is 0. The van der Waals surface area contributed by atoms with Crippen molar-refractivity contribution in [2.75, 3.05) is 26.2 Å². The number of nitrogens with zero attached hydrogens (tertiary/aromatic N) is 1. The zero-order valence-electron chi connectivity index (χ0n) is 9.50. The Labute approximate surface area is 92.2 Å². The minimum atomic E-state index is 0.387. The summed E-state index contributed by atoms with van der Waals surface area (Å²) in [7, 11) is 0. The van der Waals surface area contributed by atoms with Gasteiger partial charge in [-0.1, -0.05) is 0 Å². The van der Waals surface area contributed by atoms with Crippen LogP contribution in [0, 0.1) is 5.92 Å². The van der Waals surface area contributed by atoms with Gasteiger partial charge in [-0.2, -0.15) is 0 Å². The maximum absolute atomic E-state index is 11.8. The molecule has 2 aliphatic rings. The standard InChI is InChI=1S/C12H22N2O/c15-12(14-8-1-2-9-14)6-5-11-4-3-7-13-10-11/h11,13H,1-10H2/t11-/m1/s1. The molecule has 0 aliphatic carbocycles. The summed E-state index contributed by atoms with van der Waals surface area (Å²) in [6.45, 7) is 4.29. The molecule has 2 rings (SSSR count). The van der Waals surface area contributed by atoms with Crippen LogP contribution in [0.15, 0.2) is 0 Å². The Bertz CT molecular complexity index is 206. The lowest BCUT2D eigenvalue weighted by Crippen LogP contribution is -2.32. The molecule has 0 aromatic heterocycles. The predicted molar refractivity (Wildman–Crippen MR) is 60.6 cm³/mol. The number of hydrogen-bond acceptors (Lipinski definition) is 2. The van der Waals surface area contributed by atoms with Crippen molar-refractivity contribution in [1.82, 2.24) is 10.2 Å². The summed E-state index contributed by atoms with van der Waals surface area (Å²) in [6, 6.07) is 0. The molecule has 2 aliphatic heterocycles. The summed E-state index contributed by atoms with van der Waals surface area (Å²) in [5.74, 6) is 1.13. The number of carbonyl (C=O) groups excluding carboxylic acids is 1. The van der Waals surface area contributed by atoms with Gasteiger partial charge in [0.05, 0.1) is 0 Å². The molecule has 2 fully saturated rings. The Morgan fingerprint density at radius 3 is 2.73 bits per heavy atom. The molecule has 0 saturated carbocycles. The van der Waals surface area contributed by atoms with Crippen molar-refractivity contribution in [1.29, 1.82) is 0 Å². The smallest absolute Gasteiger partial charge is 0.222 e. The van der Waals surface area contributed by atoms with Crippen LogP contribution in [-0.4, -0.2) is 37.0 Å². The molecule has 0 radical (unpaired) electrons. The zero-order chi connectivity index (χ0) is 10.5. The summed E-state index contributed by atoms with van der Waals surface area (Å²) in [6.07, 6.45) is 6.85. The lowest BCUT2D eigenvalue weighted by Gasteiger charge is -2.23. The summed E-state index contributed by atoms with van der Waals surface area (Å²) < 4.78 is 0. The maximum Gasteiger partial charge on any atom is 0.222 e. The van der Waals surface area contributed by atoms with Crippen LogP contribution < -0.4 is 5.32 Å². The van der Waals surface area contributed by atoms with Gasteiger partial charge in [-0.3, -0.25) is 4.79 Å². The average Bonchev–Trinajstić information content (AvgIpc) is 2.81. The molecule has 3 nitrogen and oxygen atoms in total. The lowest BCUT2D eigenvalue weighted by molar-refractivity contribution is -0.130. The van der Waals surface area contributed by atoms with Crippen LogP contribution in [-0.2, 0) is 4.79 Å². The van der Waals surface area contributed by atoms with Crippen LogP contribution >= 0.6 is 0 Å². The van der Waals surface area contributed by atoms with Gasteiger partial charge < -0.3 is 10.2 Å². The monoisotopic (exact) mass is 210 g/mol. The highest BCUT2D eigenvalue weighted by molar-refractivity contribution is 5.76. The molecular formula is C12H22N2O. The third-order valence-electron chi connectivity index (χ3n) is 3.62. The quantitative estimate of drug-likeness (QED) is 0.763. The first kappa shape index (κ1) is 10.9. The minimum Gasteiger partial charge on any atom is -0.343 e. The number of hydrogen-bond donors (Lipinski definition) is 1. The second kappa shape index (κ2) is 5.50. The second-order valence-electron chi connectivity index (χ2n) is 4.84. The molecular weight excluding hydrogens is 188 g/mol. The van der Waals surface area contributed by atoms with Gasteiger partial charge in [0.2, 0.25) is 5.91 Å². The van der Waals surface area contributed by atoms with Crippen LogP contribution in [0.4, 0.5) is 0 Å². The van der Waals surface area contributed by atoms with Gasteiger partial charge in [0.15, 0.2) is 0 Å². The zero-order valence-corrected chi connectivity index (χ0v) is 9.50. The molecule has 0 unspecified atom stereocenters. The molecule has 0 spiro atoms. The van der Waals surface area contributed by atoms with Crippen molar-refractivity contribution in [3.63, 3.8) is 0 Å². The van der Waals surface area contributed by atoms with Gasteiger partial charge in [-0.15, -0.1) is 0 Å². The van der Waals surface area contributed by atoms with Crippen molar-refractivity contribution in [3.8, 4) is 0 Å². The van der Waals surface area contributed by atoms with Crippen LogP contribution in [0.2, 0.25) is 0 Å². The van der Waals surface area contributed by atoms with Gasteiger partial charge in [0, 0.05) is 19.5 Å². The van der Waals surface area contributed by atoms with Crippen LogP contribution in [0.1, 0.15) is 38.5 Å². The number of nitrogens with one attached hydrogen (secondary N) is 1. The molecule has 15 heavy (non-hydrogen) atoms. The van der Waals surface area contributed by atoms with Crippen LogP contribution in [0.25, 0.3) is 0 Å². The highest BCUT2D eigenvalue weighted by atomic mass is 16.2. The number of rotatable bonds is 3. The summed E-state index contributed by atoms with van der Waals surface area (Å²) in [4.78, 5) is 13.8. The fraction of sp³-hybridized carbons (Fsp3) is 0.917. The van der Waals surface area contributed by atoms with Crippen molar-refractivity contribution < 1.29 is 4.79 Å². The molecule has 3 heteroatoms. The Morgan fingerprint density at radius 1 is 1.27 bits per heavy atom. The molecule has 2 saturated heterocycles. The van der Waals surface area contributed by atoms with E-state index in [0.29, 0.717) is 5.91 Å². The van der Waals surface area contributed by atoms with Crippen molar-refractivity contribution in [2.24, 2.45) is 5.92 Å². The van der Waals surface area contributed by atoms with Gasteiger partial charge in [0.25, 0.3) is 0 Å². The number of carbonyl (C=O) groups is 1. The minimum absolute atomic E-state index is 0.387. The van der Waals surface area contributed by atoms with Gasteiger partial charge >= 0.3 is 0 Å². The third-order valence-corrected chi connectivity index (χ3v) is 3.62. The largest absolute Gasteiger partial charge is 0.343 e. The molecule has 2 heterocycles. The number of piperidine rings is 1. The maximum atomic E-state index is 11.8. The van der Waals surface area contributed by atoms with Crippen LogP contribution in [0.5, 0.6) is 0 Å². The SMILES string of the molecule is O=C(CC[C@H]1CCCNC1)N1CCCC1. The van der Waals surface area contributed by atoms with Gasteiger partial charge in [-0.05, 0) is 51.1 Å². The highest BCUT2D eigenvalue weighted by Gasteiger charge is 2.20. The van der Waals surface area contributed by atoms with E-state index in [4.69, 9.17) is 0 Å². The molecule has 1 amide bonds. The number of likely N-dealkylation sites (tertiary alicyclic amines) is 1. The van der Waals surface area contributed by atoms with Crippen LogP contribution in [0.3, 0.4) is 0 Å². The van der Waals surface area contributed by atoms with E-state index >= 15 is 0 Å². The summed E-state index contributed by atoms with van der Waals surface area (Å²) in [5.41, 5.74) is 0. The highest BCUT2D eigenvalue weighted by Crippen LogP contribution is 2.17. The van der Waals surface area contributed by atoms with E-state index in [2.05, 4.69) is 5.32 Å². The van der Waals surface area contributed by atoms with Gasteiger partial charge in [-0.25, -0.2) is 0 Å². The third kappa shape index (κ3) is 3.20. The molecule has 1 N–H and O–H groups in total. The molecule has 0 aromatic carbocycles. The molecule has 0 bridgehead atoms. The van der Waals surface area contributed by atoms with E-state index in [9.17, 15) is 4.79 Å². The van der Waals surface area contributed by atoms with Crippen molar-refractivity contribution >= 4 is 5.91 Å². The Balaban J connectivity index is 1.65. The fourth-order valence-electron chi connectivity index (χ4n) is 2.62. The fourth-order valence-corrected chi connectivity index (χ4v) is 2.62. The molecule has 0 aromatic rings. The first-order chi connectivity index (χ1) is 7.36. The first-order valence-electron chi connectivity index (χ1n) is 6.35. The van der Waals surface area contributed by atoms with E-state index in [1.807, 2.05) is 4.90 Å². The Morgan fingerprint density at radius 2 is 2.07 bits per heavy atom. The normalized spacial score (nSPS) is 26.9. The van der Waals surface area contributed by atoms with E-state index in [0.717, 1.165) is 44.9 Å². The first-order valence-corrected chi connectivity index (χ1v) is 6.35. The van der Waals surface area contributed by atoms with Crippen molar-refractivity contribution in [3.05, 3.63) is 0 Å².